The molecule has 1 aromatic heterocycles. The minimum absolute atomic E-state index is 0.343. The van der Waals surface area contributed by atoms with Gasteiger partial charge in [0, 0.05) is 11.3 Å². The average molecular weight is 458 g/mol. The van der Waals surface area contributed by atoms with Crippen LogP contribution in [-0.4, -0.2) is 35.1 Å². The molecular formula is C27H27N3O4. The van der Waals surface area contributed by atoms with Crippen molar-refractivity contribution in [2.45, 2.75) is 33.3 Å². The third-order valence-electron chi connectivity index (χ3n) is 5.63. The predicted molar refractivity (Wildman–Crippen MR) is 132 cm³/mol. The molecule has 0 saturated heterocycles. The van der Waals surface area contributed by atoms with Gasteiger partial charge in [-0.1, -0.05) is 24.6 Å². The first-order valence-corrected chi connectivity index (χ1v) is 11.1. The van der Waals surface area contributed by atoms with E-state index in [9.17, 15) is 9.59 Å². The van der Waals surface area contributed by atoms with Crippen molar-refractivity contribution in [3.63, 3.8) is 0 Å². The number of nitrogens with one attached hydrogen (secondary N) is 2. The Labute approximate surface area is 198 Å². The minimum Gasteiger partial charge on any atom is -0.497 e. The molecule has 1 heterocycles. The summed E-state index contributed by atoms with van der Waals surface area (Å²) in [5.74, 6) is 0.525. The molecule has 0 fully saturated rings. The molecule has 0 aliphatic rings. The molecule has 7 nitrogen and oxygen atoms in total. The quantitative estimate of drug-likeness (QED) is 0.361. The molecule has 7 heteroatoms. The Hall–Kier alpha value is -4.13. The number of amides is 1. The SMILES string of the molecule is CCC(OC(=O)c1ccc2nc(-c3ccc(OC)cc3)[nH]c2c1)C(=O)Nc1ccc(C)cc1C. The number of rotatable bonds is 7. The van der Waals surface area contributed by atoms with Crippen LogP contribution < -0.4 is 10.1 Å². The fraction of sp³-hybridized carbons (Fsp3) is 0.222. The number of nitrogens with zero attached hydrogens (tertiary/aromatic N) is 1. The van der Waals surface area contributed by atoms with Gasteiger partial charge in [0.05, 0.1) is 23.7 Å². The van der Waals surface area contributed by atoms with E-state index in [1.807, 2.05) is 56.3 Å². The van der Waals surface area contributed by atoms with Crippen molar-refractivity contribution in [2.75, 3.05) is 12.4 Å². The number of anilines is 1. The second kappa shape index (κ2) is 9.79. The maximum absolute atomic E-state index is 12.8. The minimum atomic E-state index is -0.902. The van der Waals surface area contributed by atoms with Crippen LogP contribution in [0.15, 0.2) is 60.7 Å². The van der Waals surface area contributed by atoms with Crippen LogP contribution >= 0.6 is 0 Å². The second-order valence-corrected chi connectivity index (χ2v) is 8.16. The summed E-state index contributed by atoms with van der Waals surface area (Å²) in [6, 6.07) is 18.4. The summed E-state index contributed by atoms with van der Waals surface area (Å²) in [5, 5.41) is 2.86. The number of benzene rings is 3. The van der Waals surface area contributed by atoms with Crippen molar-refractivity contribution in [2.24, 2.45) is 0 Å². The van der Waals surface area contributed by atoms with Crippen molar-refractivity contribution in [3.8, 4) is 17.1 Å². The van der Waals surface area contributed by atoms with E-state index in [0.29, 0.717) is 29.0 Å². The van der Waals surface area contributed by atoms with Crippen LogP contribution in [-0.2, 0) is 9.53 Å². The van der Waals surface area contributed by atoms with E-state index in [1.54, 1.807) is 32.2 Å². The number of carbonyl (C=O) groups excluding carboxylic acids is 2. The van der Waals surface area contributed by atoms with E-state index >= 15 is 0 Å². The molecule has 0 spiro atoms. The molecule has 0 bridgehead atoms. The number of aryl methyl sites for hydroxylation is 2. The molecule has 4 rings (SSSR count). The van der Waals surface area contributed by atoms with E-state index in [1.165, 1.54) is 0 Å². The van der Waals surface area contributed by atoms with Gasteiger partial charge in [0.2, 0.25) is 0 Å². The van der Waals surface area contributed by atoms with Crippen LogP contribution in [0.1, 0.15) is 34.8 Å². The normalized spacial score (nSPS) is 11.8. The lowest BCUT2D eigenvalue weighted by molar-refractivity contribution is -0.124. The summed E-state index contributed by atoms with van der Waals surface area (Å²) in [5.41, 5.74) is 5.43. The van der Waals surface area contributed by atoms with Gasteiger partial charge < -0.3 is 19.8 Å². The number of aromatic nitrogens is 2. The number of hydrogen-bond donors (Lipinski definition) is 2. The van der Waals surface area contributed by atoms with Gasteiger partial charge in [-0.15, -0.1) is 0 Å². The van der Waals surface area contributed by atoms with Gasteiger partial charge in [-0.05, 0) is 74.4 Å². The van der Waals surface area contributed by atoms with Crippen molar-refractivity contribution in [1.29, 1.82) is 0 Å². The number of hydrogen-bond acceptors (Lipinski definition) is 5. The highest BCUT2D eigenvalue weighted by Gasteiger charge is 2.23. The molecule has 1 unspecified atom stereocenters. The molecule has 0 saturated carbocycles. The van der Waals surface area contributed by atoms with Gasteiger partial charge in [-0.3, -0.25) is 4.79 Å². The summed E-state index contributed by atoms with van der Waals surface area (Å²) in [6.07, 6.45) is -0.545. The van der Waals surface area contributed by atoms with Gasteiger partial charge in [-0.25, -0.2) is 9.78 Å². The zero-order valence-corrected chi connectivity index (χ0v) is 19.6. The van der Waals surface area contributed by atoms with Crippen LogP contribution in [0.25, 0.3) is 22.4 Å². The molecule has 174 valence electrons. The number of fused-ring (bicyclic) bond motifs is 1. The first-order chi connectivity index (χ1) is 16.4. The summed E-state index contributed by atoms with van der Waals surface area (Å²) in [6.45, 7) is 5.72. The Bertz CT molecular complexity index is 1340. The van der Waals surface area contributed by atoms with Crippen LogP contribution in [0.5, 0.6) is 5.75 Å². The Kier molecular flexibility index (Phi) is 6.63. The Morgan fingerprint density at radius 1 is 1.03 bits per heavy atom. The molecule has 0 aliphatic heterocycles. The Morgan fingerprint density at radius 3 is 2.47 bits per heavy atom. The second-order valence-electron chi connectivity index (χ2n) is 8.16. The predicted octanol–water partition coefficient (Wildman–Crippen LogP) is 5.43. The smallest absolute Gasteiger partial charge is 0.338 e. The zero-order valence-electron chi connectivity index (χ0n) is 19.6. The van der Waals surface area contributed by atoms with Crippen LogP contribution in [0.4, 0.5) is 5.69 Å². The van der Waals surface area contributed by atoms with Gasteiger partial charge in [0.1, 0.15) is 11.6 Å². The van der Waals surface area contributed by atoms with E-state index in [0.717, 1.165) is 28.0 Å². The van der Waals surface area contributed by atoms with Crippen molar-refractivity contribution >= 4 is 28.6 Å². The Balaban J connectivity index is 1.49. The van der Waals surface area contributed by atoms with Crippen LogP contribution in [0, 0.1) is 13.8 Å². The fourth-order valence-electron chi connectivity index (χ4n) is 3.71. The number of esters is 1. The standard InChI is InChI=1S/C27H27N3O4/c1-5-24(26(31)30-21-12-6-16(2)14-17(21)3)34-27(32)19-9-13-22-23(15-19)29-25(28-22)18-7-10-20(33-4)11-8-18/h6-15,24H,5H2,1-4H3,(H,28,29)(H,30,31). The third kappa shape index (κ3) is 4.93. The van der Waals surface area contributed by atoms with Crippen molar-refractivity contribution in [3.05, 3.63) is 77.4 Å². The summed E-state index contributed by atoms with van der Waals surface area (Å²) in [7, 11) is 1.62. The topological polar surface area (TPSA) is 93.3 Å². The van der Waals surface area contributed by atoms with Crippen molar-refractivity contribution in [1.82, 2.24) is 9.97 Å². The van der Waals surface area contributed by atoms with E-state index in [-0.39, 0.29) is 5.91 Å². The highest BCUT2D eigenvalue weighted by Crippen LogP contribution is 2.24. The van der Waals surface area contributed by atoms with Crippen LogP contribution in [0.2, 0.25) is 0 Å². The lowest BCUT2D eigenvalue weighted by atomic mass is 10.1. The number of methoxy groups -OCH3 is 1. The zero-order chi connectivity index (χ0) is 24.2. The molecule has 2 N–H and O–H groups in total. The number of H-pyrrole nitrogens is 1. The van der Waals surface area contributed by atoms with Gasteiger partial charge in [0.15, 0.2) is 6.10 Å². The molecule has 1 amide bonds. The van der Waals surface area contributed by atoms with E-state index in [2.05, 4.69) is 15.3 Å². The molecule has 4 aromatic rings. The third-order valence-corrected chi connectivity index (χ3v) is 5.63. The molecular weight excluding hydrogens is 430 g/mol. The Morgan fingerprint density at radius 2 is 1.79 bits per heavy atom. The number of carbonyl (C=O) groups is 2. The first-order valence-electron chi connectivity index (χ1n) is 11.1. The van der Waals surface area contributed by atoms with Crippen molar-refractivity contribution < 1.29 is 19.1 Å². The first kappa shape index (κ1) is 23.0. The maximum Gasteiger partial charge on any atom is 0.338 e. The van der Waals surface area contributed by atoms with Gasteiger partial charge in [0.25, 0.3) is 5.91 Å². The monoisotopic (exact) mass is 457 g/mol. The summed E-state index contributed by atoms with van der Waals surface area (Å²) in [4.78, 5) is 33.4. The fourth-order valence-corrected chi connectivity index (χ4v) is 3.71. The van der Waals surface area contributed by atoms with Gasteiger partial charge in [-0.2, -0.15) is 0 Å². The van der Waals surface area contributed by atoms with Gasteiger partial charge >= 0.3 is 5.97 Å². The highest BCUT2D eigenvalue weighted by molar-refractivity contribution is 5.99. The lowest BCUT2D eigenvalue weighted by Gasteiger charge is -2.17. The molecule has 1 atom stereocenters. The largest absolute Gasteiger partial charge is 0.497 e. The van der Waals surface area contributed by atoms with Crippen LogP contribution in [0.3, 0.4) is 0 Å². The molecule has 34 heavy (non-hydrogen) atoms. The number of aromatic amines is 1. The van der Waals surface area contributed by atoms with E-state index in [4.69, 9.17) is 9.47 Å². The summed E-state index contributed by atoms with van der Waals surface area (Å²) >= 11 is 0. The molecule has 0 radical (unpaired) electrons. The number of imidazole rings is 1. The maximum atomic E-state index is 12.8. The summed E-state index contributed by atoms with van der Waals surface area (Å²) < 4.78 is 10.7. The molecule has 3 aromatic carbocycles. The average Bonchev–Trinajstić information content (AvgIpc) is 3.27. The number of ether oxygens (including phenoxy) is 2. The molecule has 0 aliphatic carbocycles. The highest BCUT2D eigenvalue weighted by atomic mass is 16.5. The lowest BCUT2D eigenvalue weighted by Crippen LogP contribution is -2.32. The van der Waals surface area contributed by atoms with E-state index < -0.39 is 12.1 Å².